The van der Waals surface area contributed by atoms with Crippen molar-refractivity contribution in [3.63, 3.8) is 0 Å². The van der Waals surface area contributed by atoms with E-state index in [1.807, 2.05) is 0 Å². The number of hydrogen-bond donors (Lipinski definition) is 1. The first kappa shape index (κ1) is 16.9. The Kier molecular flexibility index (Phi) is 26.1. The third-order valence-corrected chi connectivity index (χ3v) is 1.22. The summed E-state index contributed by atoms with van der Waals surface area (Å²) < 4.78 is 13.6. The van der Waals surface area contributed by atoms with Crippen LogP contribution < -0.4 is 0 Å². The van der Waals surface area contributed by atoms with Gasteiger partial charge in [-0.1, -0.05) is 15.9 Å². The van der Waals surface area contributed by atoms with Crippen molar-refractivity contribution in [2.45, 2.75) is 0 Å². The fourth-order valence-corrected chi connectivity index (χ4v) is 0.728. The van der Waals surface area contributed by atoms with Crippen molar-refractivity contribution in [1.29, 1.82) is 0 Å². The van der Waals surface area contributed by atoms with Gasteiger partial charge in [0, 0.05) is 0 Å². The zero-order valence-electron chi connectivity index (χ0n) is 2.85. The van der Waals surface area contributed by atoms with Crippen LogP contribution in [0.5, 0.6) is 0 Å². The number of alkyl halides is 1. The Labute approximate surface area is 101 Å². The molecule has 7 heteroatoms. The van der Waals surface area contributed by atoms with E-state index in [-0.39, 0.29) is 64.6 Å². The van der Waals surface area contributed by atoms with Crippen molar-refractivity contribution in [1.82, 2.24) is 0 Å². The molecule has 1 atom stereocenters. The molecule has 1 N–H and O–H groups in total. The van der Waals surface area contributed by atoms with E-state index in [0.29, 0.717) is 0 Å². The van der Waals surface area contributed by atoms with Gasteiger partial charge in [0.05, 0.1) is 0 Å². The molecule has 0 bridgehead atoms. The minimum absolute atomic E-state index is 0. The second-order valence-corrected chi connectivity index (χ2v) is 1.80. The van der Waals surface area contributed by atoms with Crippen molar-refractivity contribution in [2.24, 2.45) is 0 Å². The van der Waals surface area contributed by atoms with E-state index < -0.39 is 8.25 Å². The topological polar surface area (TPSA) is 46.5 Å². The van der Waals surface area contributed by atoms with Crippen molar-refractivity contribution >= 4 is 83.3 Å². The van der Waals surface area contributed by atoms with E-state index in [9.17, 15) is 4.57 Å². The maximum absolute atomic E-state index is 9.53. The third kappa shape index (κ3) is 15.9. The molecule has 0 aliphatic rings. The van der Waals surface area contributed by atoms with Gasteiger partial charge in [0.1, 0.15) is 5.52 Å². The zero-order chi connectivity index (χ0) is 4.99. The monoisotopic (exact) mass is 222 g/mol. The summed E-state index contributed by atoms with van der Waals surface area (Å²) in [5.74, 6) is 0. The van der Waals surface area contributed by atoms with Gasteiger partial charge in [-0.3, -0.25) is 9.09 Å². The molecule has 0 saturated carbocycles. The second-order valence-electron chi connectivity index (χ2n) is 0.519. The van der Waals surface area contributed by atoms with Crippen LogP contribution in [0.25, 0.3) is 0 Å². The standard InChI is InChI=1S/CH4BrO3P.2Na.2H/c2-1-5-6(3)4;;;;/h6H,1H2,(H,3,4);;;;. The van der Waals surface area contributed by atoms with E-state index >= 15 is 0 Å². The molecule has 0 saturated heterocycles. The van der Waals surface area contributed by atoms with Crippen LogP contribution >= 0.6 is 24.2 Å². The summed E-state index contributed by atoms with van der Waals surface area (Å²) in [5, 5.41) is 0. The molecule has 0 aliphatic carbocycles. The molecule has 8 heavy (non-hydrogen) atoms. The first-order chi connectivity index (χ1) is 2.77. The van der Waals surface area contributed by atoms with E-state index in [4.69, 9.17) is 4.89 Å². The molecule has 42 valence electrons. The quantitative estimate of drug-likeness (QED) is 0.387. The van der Waals surface area contributed by atoms with Gasteiger partial charge < -0.3 is 4.89 Å². The second kappa shape index (κ2) is 12.3. The summed E-state index contributed by atoms with van der Waals surface area (Å²) in [6, 6.07) is 0. The van der Waals surface area contributed by atoms with Crippen molar-refractivity contribution in [2.75, 3.05) is 5.52 Å². The summed E-state index contributed by atoms with van der Waals surface area (Å²) in [6.45, 7) is 0. The SMILES string of the molecule is O=[PH](O)OCBr.[NaH].[NaH]. The van der Waals surface area contributed by atoms with Crippen LogP contribution in [-0.2, 0) is 9.09 Å². The molecule has 0 amide bonds. The average molecular weight is 223 g/mol. The van der Waals surface area contributed by atoms with Gasteiger partial charge in [0.25, 0.3) is 0 Å². The normalized spacial score (nSPS) is 10.8. The summed E-state index contributed by atoms with van der Waals surface area (Å²) in [7, 11) is -2.68. The minimum atomic E-state index is -2.68. The molecule has 0 spiro atoms. The predicted octanol–water partition coefficient (Wildman–Crippen LogP) is -0.560. The molecule has 0 aliphatic heterocycles. The van der Waals surface area contributed by atoms with Gasteiger partial charge in [-0.2, -0.15) is 0 Å². The van der Waals surface area contributed by atoms with Crippen LogP contribution in [0.3, 0.4) is 0 Å². The molecule has 0 rings (SSSR count). The Bertz CT molecular complexity index is 61.2. The first-order valence-corrected chi connectivity index (χ1v) is 3.57. The van der Waals surface area contributed by atoms with Gasteiger partial charge >= 0.3 is 67.4 Å². The van der Waals surface area contributed by atoms with Crippen molar-refractivity contribution in [3.8, 4) is 0 Å². The maximum atomic E-state index is 9.53. The Balaban J connectivity index is -0.000000125. The molecule has 1 unspecified atom stereocenters. The van der Waals surface area contributed by atoms with Crippen LogP contribution in [0.15, 0.2) is 0 Å². The van der Waals surface area contributed by atoms with Gasteiger partial charge in [-0.15, -0.1) is 0 Å². The van der Waals surface area contributed by atoms with Crippen LogP contribution in [0.2, 0.25) is 0 Å². The van der Waals surface area contributed by atoms with Crippen LogP contribution in [0.1, 0.15) is 0 Å². The third-order valence-electron chi connectivity index (χ3n) is 0.178. The van der Waals surface area contributed by atoms with E-state index in [1.165, 1.54) is 0 Å². The van der Waals surface area contributed by atoms with Crippen LogP contribution in [0.4, 0.5) is 0 Å². The van der Waals surface area contributed by atoms with Crippen molar-refractivity contribution in [3.05, 3.63) is 0 Å². The predicted molar refractivity (Wildman–Crippen MR) is 40.4 cm³/mol. The first-order valence-electron chi connectivity index (χ1n) is 1.19. The van der Waals surface area contributed by atoms with Crippen LogP contribution in [-0.4, -0.2) is 69.5 Å². The molecule has 3 nitrogen and oxygen atoms in total. The van der Waals surface area contributed by atoms with Crippen LogP contribution in [0, 0.1) is 0 Å². The molecule has 0 radical (unpaired) electrons. The van der Waals surface area contributed by atoms with Gasteiger partial charge in [-0.25, -0.2) is 0 Å². The number of halogens is 1. The van der Waals surface area contributed by atoms with E-state index in [0.717, 1.165) is 0 Å². The number of rotatable bonds is 2. The summed E-state index contributed by atoms with van der Waals surface area (Å²) >= 11 is 2.79. The van der Waals surface area contributed by atoms with E-state index in [1.54, 1.807) is 0 Å². The fraction of sp³-hybridized carbons (Fsp3) is 1.00. The average Bonchev–Trinajstić information content (AvgIpc) is 1.35. The fourth-order valence-electron chi connectivity index (χ4n) is 0.0467. The summed E-state index contributed by atoms with van der Waals surface area (Å²) in [4.78, 5) is 7.85. The van der Waals surface area contributed by atoms with Gasteiger partial charge in [-0.05, 0) is 0 Å². The Morgan fingerprint density at radius 1 is 1.62 bits per heavy atom. The molecule has 0 aromatic heterocycles. The molecule has 0 fully saturated rings. The Morgan fingerprint density at radius 2 is 2.00 bits per heavy atom. The van der Waals surface area contributed by atoms with E-state index in [2.05, 4.69) is 20.5 Å². The van der Waals surface area contributed by atoms with Gasteiger partial charge in [0.15, 0.2) is 0 Å². The summed E-state index contributed by atoms with van der Waals surface area (Å²) in [5.41, 5.74) is 0.126. The molecule has 0 aromatic rings. The molecular formula is CH6BrNa2O3P. The Hall–Kier alpha value is 2.63. The number of hydrogen-bond acceptors (Lipinski definition) is 2. The molecule has 0 heterocycles. The summed E-state index contributed by atoms with van der Waals surface area (Å²) in [6.07, 6.45) is 0. The Morgan fingerprint density at radius 3 is 2.00 bits per heavy atom. The molecular weight excluding hydrogens is 217 g/mol. The van der Waals surface area contributed by atoms with Crippen molar-refractivity contribution < 1.29 is 14.0 Å². The molecule has 0 aromatic carbocycles. The zero-order valence-corrected chi connectivity index (χ0v) is 5.43. The van der Waals surface area contributed by atoms with Gasteiger partial charge in [0.2, 0.25) is 0 Å².